The van der Waals surface area contributed by atoms with E-state index in [1.807, 2.05) is 0 Å². The fourth-order valence-electron chi connectivity index (χ4n) is 2.51. The predicted molar refractivity (Wildman–Crippen MR) is 99.9 cm³/mol. The molecule has 0 saturated heterocycles. The Morgan fingerprint density at radius 1 is 1.27 bits per heavy atom. The number of halogens is 2. The van der Waals surface area contributed by atoms with Crippen LogP contribution < -0.4 is 9.64 Å². The van der Waals surface area contributed by atoms with E-state index in [-0.39, 0.29) is 18.2 Å². The van der Waals surface area contributed by atoms with E-state index in [2.05, 4.69) is 4.99 Å². The Bertz CT molecular complexity index is 902. The van der Waals surface area contributed by atoms with Crippen LogP contribution in [-0.4, -0.2) is 36.7 Å². The minimum atomic E-state index is -0.489. The monoisotopic (exact) mass is 393 g/mol. The fourth-order valence-corrected chi connectivity index (χ4v) is 2.98. The molecule has 1 amide bonds. The molecule has 0 saturated carbocycles. The zero-order chi connectivity index (χ0) is 18.7. The zero-order valence-corrected chi connectivity index (χ0v) is 14.9. The number of hydrogen-bond donors (Lipinski definition) is 0. The lowest BCUT2D eigenvalue weighted by atomic mass is 10.1. The molecule has 0 radical (unpaired) electrons. The Labute approximate surface area is 158 Å². The number of aliphatic imine (C=N–C) groups is 1. The van der Waals surface area contributed by atoms with Gasteiger partial charge >= 0.3 is 0 Å². The van der Waals surface area contributed by atoms with Crippen molar-refractivity contribution in [1.29, 1.82) is 0 Å². The van der Waals surface area contributed by atoms with Crippen molar-refractivity contribution in [1.82, 2.24) is 0 Å². The van der Waals surface area contributed by atoms with E-state index in [1.165, 1.54) is 35.4 Å². The molecule has 7 nitrogen and oxygen atoms in total. The lowest BCUT2D eigenvalue weighted by molar-refractivity contribution is -0.384. The number of nitro benzene ring substituents is 1. The van der Waals surface area contributed by atoms with E-state index in [9.17, 15) is 14.9 Å². The van der Waals surface area contributed by atoms with Crippen molar-refractivity contribution in [3.8, 4) is 5.75 Å². The van der Waals surface area contributed by atoms with Crippen LogP contribution in [0.15, 0.2) is 41.4 Å². The highest BCUT2D eigenvalue weighted by Crippen LogP contribution is 2.29. The predicted octanol–water partition coefficient (Wildman–Crippen LogP) is 3.75. The van der Waals surface area contributed by atoms with Gasteiger partial charge in [-0.3, -0.25) is 19.9 Å². The first-order valence-corrected chi connectivity index (χ1v) is 8.38. The number of benzene rings is 2. The average Bonchev–Trinajstić information content (AvgIpc) is 2.82. The van der Waals surface area contributed by atoms with Gasteiger partial charge in [0.25, 0.3) is 11.6 Å². The number of anilines is 1. The van der Waals surface area contributed by atoms with Crippen LogP contribution in [-0.2, 0) is 4.79 Å². The summed E-state index contributed by atoms with van der Waals surface area (Å²) < 4.78 is 5.49. The minimum absolute atomic E-state index is 0.0614. The van der Waals surface area contributed by atoms with Crippen molar-refractivity contribution < 1.29 is 14.5 Å². The van der Waals surface area contributed by atoms with Crippen molar-refractivity contribution in [3.63, 3.8) is 0 Å². The van der Waals surface area contributed by atoms with Crippen LogP contribution in [0.5, 0.6) is 5.75 Å². The van der Waals surface area contributed by atoms with Crippen LogP contribution in [0.2, 0.25) is 10.0 Å². The van der Waals surface area contributed by atoms with Gasteiger partial charge in [0, 0.05) is 35.5 Å². The van der Waals surface area contributed by atoms with E-state index in [4.69, 9.17) is 27.9 Å². The lowest BCUT2D eigenvalue weighted by Gasteiger charge is -2.22. The number of carbonyl (C=O) groups excluding carboxylic acids is 1. The number of ether oxygens (including phenoxy) is 1. The van der Waals surface area contributed by atoms with E-state index in [1.54, 1.807) is 12.1 Å². The van der Waals surface area contributed by atoms with E-state index >= 15 is 0 Å². The molecule has 1 aliphatic rings. The summed E-state index contributed by atoms with van der Waals surface area (Å²) in [6, 6.07) is 9.01. The van der Waals surface area contributed by atoms with Crippen LogP contribution in [0.1, 0.15) is 5.56 Å². The molecule has 0 aromatic heterocycles. The molecule has 0 fully saturated rings. The zero-order valence-electron chi connectivity index (χ0n) is 13.4. The van der Waals surface area contributed by atoms with Crippen molar-refractivity contribution in [2.75, 3.05) is 24.6 Å². The Kier molecular flexibility index (Phi) is 5.39. The van der Waals surface area contributed by atoms with Gasteiger partial charge in [0.2, 0.25) is 0 Å². The second kappa shape index (κ2) is 7.72. The van der Waals surface area contributed by atoms with Gasteiger partial charge in [-0.15, -0.1) is 0 Å². The molecule has 2 aromatic rings. The SMILES string of the molecule is O=C(COc1ccc(Cl)cc1Cl)N1CCN=Cc2cc([N+](=O)[O-])ccc21. The summed E-state index contributed by atoms with van der Waals surface area (Å²) in [4.78, 5) is 28.7. The molecule has 0 spiro atoms. The van der Waals surface area contributed by atoms with Crippen LogP contribution in [0.4, 0.5) is 11.4 Å². The van der Waals surface area contributed by atoms with Gasteiger partial charge in [-0.05, 0) is 24.3 Å². The van der Waals surface area contributed by atoms with Crippen molar-refractivity contribution in [2.24, 2.45) is 4.99 Å². The number of nitro groups is 1. The van der Waals surface area contributed by atoms with Gasteiger partial charge in [0.1, 0.15) is 5.75 Å². The highest BCUT2D eigenvalue weighted by molar-refractivity contribution is 6.35. The first kappa shape index (κ1) is 18.2. The van der Waals surface area contributed by atoms with Gasteiger partial charge in [-0.25, -0.2) is 0 Å². The normalized spacial score (nSPS) is 13.1. The van der Waals surface area contributed by atoms with Gasteiger partial charge in [-0.2, -0.15) is 0 Å². The summed E-state index contributed by atoms with van der Waals surface area (Å²) in [5.74, 6) is 0.0380. The number of non-ortho nitro benzene ring substituents is 1. The molecular weight excluding hydrogens is 381 g/mol. The van der Waals surface area contributed by atoms with Gasteiger partial charge in [-0.1, -0.05) is 23.2 Å². The largest absolute Gasteiger partial charge is 0.482 e. The number of hydrogen-bond acceptors (Lipinski definition) is 5. The molecule has 0 N–H and O–H groups in total. The molecule has 0 bridgehead atoms. The summed E-state index contributed by atoms with van der Waals surface area (Å²) in [6.45, 7) is 0.492. The summed E-state index contributed by atoms with van der Waals surface area (Å²) >= 11 is 11.9. The summed E-state index contributed by atoms with van der Waals surface area (Å²) in [6.07, 6.45) is 1.53. The first-order valence-electron chi connectivity index (χ1n) is 7.62. The smallest absolute Gasteiger partial charge is 0.270 e. The average molecular weight is 394 g/mol. The number of benzodiazepines with no additional fused rings is 1. The second-order valence-electron chi connectivity index (χ2n) is 5.44. The topological polar surface area (TPSA) is 85.0 Å². The summed E-state index contributed by atoms with van der Waals surface area (Å²) in [5, 5.41) is 11.7. The van der Waals surface area contributed by atoms with Crippen LogP contribution in [0.3, 0.4) is 0 Å². The highest BCUT2D eigenvalue weighted by Gasteiger charge is 2.22. The van der Waals surface area contributed by atoms with E-state index in [0.29, 0.717) is 40.1 Å². The first-order chi connectivity index (χ1) is 12.5. The number of amides is 1. The Morgan fingerprint density at radius 3 is 2.81 bits per heavy atom. The maximum Gasteiger partial charge on any atom is 0.270 e. The van der Waals surface area contributed by atoms with Gasteiger partial charge < -0.3 is 9.64 Å². The summed E-state index contributed by atoms with van der Waals surface area (Å²) in [7, 11) is 0. The molecule has 0 unspecified atom stereocenters. The Hall–Kier alpha value is -2.64. The molecule has 0 atom stereocenters. The third kappa shape index (κ3) is 3.95. The number of fused-ring (bicyclic) bond motifs is 1. The Morgan fingerprint density at radius 2 is 2.08 bits per heavy atom. The Balaban J connectivity index is 1.79. The van der Waals surface area contributed by atoms with E-state index in [0.717, 1.165) is 0 Å². The fraction of sp³-hybridized carbons (Fsp3) is 0.176. The van der Waals surface area contributed by atoms with E-state index < -0.39 is 4.92 Å². The van der Waals surface area contributed by atoms with Crippen LogP contribution in [0.25, 0.3) is 0 Å². The van der Waals surface area contributed by atoms with Crippen LogP contribution in [0, 0.1) is 10.1 Å². The number of rotatable bonds is 4. The maximum atomic E-state index is 12.6. The van der Waals surface area contributed by atoms with Crippen molar-refractivity contribution in [3.05, 3.63) is 62.1 Å². The third-order valence-electron chi connectivity index (χ3n) is 3.74. The molecule has 1 heterocycles. The molecule has 134 valence electrons. The molecule has 26 heavy (non-hydrogen) atoms. The molecule has 9 heteroatoms. The van der Waals surface area contributed by atoms with Crippen molar-refractivity contribution in [2.45, 2.75) is 0 Å². The maximum absolute atomic E-state index is 12.6. The molecule has 2 aromatic carbocycles. The summed E-state index contributed by atoms with van der Waals surface area (Å²) in [5.41, 5.74) is 0.996. The quantitative estimate of drug-likeness (QED) is 0.584. The second-order valence-corrected chi connectivity index (χ2v) is 6.29. The van der Waals surface area contributed by atoms with Crippen LogP contribution >= 0.6 is 23.2 Å². The molecular formula is C17H13Cl2N3O4. The number of nitrogens with zero attached hydrogens (tertiary/aromatic N) is 3. The van der Waals surface area contributed by atoms with Gasteiger partial charge in [0.05, 0.1) is 22.2 Å². The lowest BCUT2D eigenvalue weighted by Crippen LogP contribution is -2.36. The minimum Gasteiger partial charge on any atom is -0.482 e. The highest BCUT2D eigenvalue weighted by atomic mass is 35.5. The standard InChI is InChI=1S/C17H13Cl2N3O4/c18-12-1-4-16(14(19)8-12)26-10-17(23)21-6-5-20-9-11-7-13(22(24)25)2-3-15(11)21/h1-4,7-9H,5-6,10H2. The third-order valence-corrected chi connectivity index (χ3v) is 4.27. The van der Waals surface area contributed by atoms with Crippen molar-refractivity contribution >= 4 is 46.7 Å². The van der Waals surface area contributed by atoms with Gasteiger partial charge in [0.15, 0.2) is 6.61 Å². The molecule has 3 rings (SSSR count). The number of carbonyl (C=O) groups is 1. The molecule has 1 aliphatic heterocycles. The molecule has 0 aliphatic carbocycles.